The zero-order valence-electron chi connectivity index (χ0n) is 14.7. The first-order valence-corrected chi connectivity index (χ1v) is 9.01. The van der Waals surface area contributed by atoms with Gasteiger partial charge in [-0.2, -0.15) is 0 Å². The molecule has 0 unspecified atom stereocenters. The number of nitrogens with two attached hydrogens (primary N) is 1. The number of hydrogen-bond donors (Lipinski definition) is 1. The van der Waals surface area contributed by atoms with Crippen molar-refractivity contribution in [2.75, 3.05) is 20.2 Å². The first-order valence-electron chi connectivity index (χ1n) is 9.01. The van der Waals surface area contributed by atoms with Gasteiger partial charge in [0, 0.05) is 24.6 Å². The van der Waals surface area contributed by atoms with Crippen molar-refractivity contribution in [3.05, 3.63) is 23.8 Å². The number of piperidine rings is 1. The van der Waals surface area contributed by atoms with Crippen molar-refractivity contribution in [3.63, 3.8) is 0 Å². The van der Waals surface area contributed by atoms with E-state index in [4.69, 9.17) is 15.2 Å². The second-order valence-electron chi connectivity index (χ2n) is 6.86. The molecule has 2 amide bonds. The average molecular weight is 346 g/mol. The fourth-order valence-corrected chi connectivity index (χ4v) is 3.63. The molecule has 2 fully saturated rings. The smallest absolute Gasteiger partial charge is 0.253 e. The summed E-state index contributed by atoms with van der Waals surface area (Å²) in [7, 11) is 1.59. The van der Waals surface area contributed by atoms with Crippen LogP contribution >= 0.6 is 0 Å². The molecule has 0 spiro atoms. The summed E-state index contributed by atoms with van der Waals surface area (Å²) >= 11 is 0. The number of carbonyl (C=O) groups is 2. The Labute approximate surface area is 148 Å². The number of amides is 2. The van der Waals surface area contributed by atoms with Crippen LogP contribution in [0.4, 0.5) is 0 Å². The maximum absolute atomic E-state index is 12.7. The zero-order chi connectivity index (χ0) is 17.8. The number of likely N-dealkylation sites (tertiary alicyclic amines) is 1. The lowest BCUT2D eigenvalue weighted by Gasteiger charge is -2.30. The molecule has 2 aliphatic rings. The van der Waals surface area contributed by atoms with Crippen LogP contribution in [0.25, 0.3) is 0 Å². The predicted molar refractivity (Wildman–Crippen MR) is 93.7 cm³/mol. The molecular formula is C19H26N2O4. The minimum Gasteiger partial charge on any atom is -0.493 e. The maximum atomic E-state index is 12.7. The molecule has 1 aromatic carbocycles. The summed E-state index contributed by atoms with van der Waals surface area (Å²) in [5, 5.41) is 0. The zero-order valence-corrected chi connectivity index (χ0v) is 14.7. The SMILES string of the molecule is COc1cc(C(=O)N2CCC(C(N)=O)CC2)ccc1OC1CCCC1. The van der Waals surface area contributed by atoms with E-state index in [-0.39, 0.29) is 23.8 Å². The minimum absolute atomic E-state index is 0.0476. The molecule has 136 valence electrons. The molecule has 3 rings (SSSR count). The van der Waals surface area contributed by atoms with Crippen LogP contribution in [0.15, 0.2) is 18.2 Å². The van der Waals surface area contributed by atoms with Crippen LogP contribution in [0.1, 0.15) is 48.9 Å². The van der Waals surface area contributed by atoms with Gasteiger partial charge in [-0.05, 0) is 56.7 Å². The molecule has 1 aliphatic carbocycles. The van der Waals surface area contributed by atoms with Gasteiger partial charge in [-0.3, -0.25) is 9.59 Å². The molecule has 25 heavy (non-hydrogen) atoms. The van der Waals surface area contributed by atoms with Crippen molar-refractivity contribution in [2.45, 2.75) is 44.6 Å². The van der Waals surface area contributed by atoms with Crippen molar-refractivity contribution in [3.8, 4) is 11.5 Å². The quantitative estimate of drug-likeness (QED) is 0.887. The maximum Gasteiger partial charge on any atom is 0.253 e. The largest absolute Gasteiger partial charge is 0.493 e. The third-order valence-electron chi connectivity index (χ3n) is 5.19. The van der Waals surface area contributed by atoms with E-state index >= 15 is 0 Å². The molecule has 0 aromatic heterocycles. The van der Waals surface area contributed by atoms with Gasteiger partial charge >= 0.3 is 0 Å². The molecular weight excluding hydrogens is 320 g/mol. The molecule has 1 heterocycles. The predicted octanol–water partition coefficient (Wildman–Crippen LogP) is 2.35. The summed E-state index contributed by atoms with van der Waals surface area (Å²) in [5.41, 5.74) is 5.93. The molecule has 6 heteroatoms. The molecule has 1 aromatic rings. The molecule has 2 N–H and O–H groups in total. The molecule has 1 aliphatic heterocycles. The van der Waals surface area contributed by atoms with Gasteiger partial charge in [-0.15, -0.1) is 0 Å². The normalized spacial score (nSPS) is 19.0. The summed E-state index contributed by atoms with van der Waals surface area (Å²) in [6, 6.07) is 5.35. The van der Waals surface area contributed by atoms with Crippen molar-refractivity contribution >= 4 is 11.8 Å². The van der Waals surface area contributed by atoms with Gasteiger partial charge in [0.1, 0.15) is 0 Å². The fourth-order valence-electron chi connectivity index (χ4n) is 3.63. The number of rotatable bonds is 5. The standard InChI is InChI=1S/C19H26N2O4/c1-24-17-12-14(6-7-16(17)25-15-4-2-3-5-15)19(23)21-10-8-13(9-11-21)18(20)22/h6-7,12-13,15H,2-5,8-11H2,1H3,(H2,20,22). The monoisotopic (exact) mass is 346 g/mol. The van der Waals surface area contributed by atoms with Crippen LogP contribution in [0.5, 0.6) is 11.5 Å². The Bertz CT molecular complexity index is 632. The van der Waals surface area contributed by atoms with E-state index in [0.29, 0.717) is 43.0 Å². The van der Waals surface area contributed by atoms with Crippen LogP contribution in [0, 0.1) is 5.92 Å². The van der Waals surface area contributed by atoms with Crippen LogP contribution < -0.4 is 15.2 Å². The molecule has 0 bridgehead atoms. The second-order valence-corrected chi connectivity index (χ2v) is 6.86. The van der Waals surface area contributed by atoms with E-state index in [1.807, 2.05) is 6.07 Å². The van der Waals surface area contributed by atoms with Gasteiger partial charge < -0.3 is 20.1 Å². The molecule has 6 nitrogen and oxygen atoms in total. The Morgan fingerprint density at radius 1 is 1.08 bits per heavy atom. The topological polar surface area (TPSA) is 81.9 Å². The van der Waals surface area contributed by atoms with Gasteiger partial charge in [0.25, 0.3) is 5.91 Å². The van der Waals surface area contributed by atoms with Crippen LogP contribution in [0.2, 0.25) is 0 Å². The van der Waals surface area contributed by atoms with E-state index in [1.54, 1.807) is 24.1 Å². The number of hydrogen-bond acceptors (Lipinski definition) is 4. The van der Waals surface area contributed by atoms with Crippen molar-refractivity contribution in [1.29, 1.82) is 0 Å². The lowest BCUT2D eigenvalue weighted by molar-refractivity contribution is -0.123. The van der Waals surface area contributed by atoms with E-state index < -0.39 is 0 Å². The average Bonchev–Trinajstić information content (AvgIpc) is 3.14. The fraction of sp³-hybridized carbons (Fsp3) is 0.579. The Morgan fingerprint density at radius 3 is 2.36 bits per heavy atom. The number of nitrogens with zero attached hydrogens (tertiary/aromatic N) is 1. The number of benzene rings is 1. The molecule has 1 saturated heterocycles. The lowest BCUT2D eigenvalue weighted by atomic mass is 9.96. The Kier molecular flexibility index (Phi) is 5.46. The number of ether oxygens (including phenoxy) is 2. The van der Waals surface area contributed by atoms with Crippen LogP contribution in [-0.4, -0.2) is 43.0 Å². The number of primary amides is 1. The summed E-state index contributed by atoms with van der Waals surface area (Å²) in [4.78, 5) is 25.7. The highest BCUT2D eigenvalue weighted by molar-refractivity contribution is 5.95. The third kappa shape index (κ3) is 4.06. The van der Waals surface area contributed by atoms with Crippen molar-refractivity contribution in [1.82, 2.24) is 4.90 Å². The Balaban J connectivity index is 1.67. The molecule has 0 radical (unpaired) electrons. The summed E-state index contributed by atoms with van der Waals surface area (Å²) in [6.45, 7) is 1.10. The first kappa shape index (κ1) is 17.6. The van der Waals surface area contributed by atoms with Crippen molar-refractivity contribution < 1.29 is 19.1 Å². The summed E-state index contributed by atoms with van der Waals surface area (Å²) in [5.74, 6) is 0.833. The van der Waals surface area contributed by atoms with E-state index in [1.165, 1.54) is 12.8 Å². The van der Waals surface area contributed by atoms with E-state index in [2.05, 4.69) is 0 Å². The van der Waals surface area contributed by atoms with Crippen LogP contribution in [0.3, 0.4) is 0 Å². The van der Waals surface area contributed by atoms with Crippen molar-refractivity contribution in [2.24, 2.45) is 11.7 Å². The van der Waals surface area contributed by atoms with Gasteiger partial charge in [-0.1, -0.05) is 0 Å². The van der Waals surface area contributed by atoms with E-state index in [0.717, 1.165) is 12.8 Å². The highest BCUT2D eigenvalue weighted by Gasteiger charge is 2.27. The second kappa shape index (κ2) is 7.76. The molecule has 0 atom stereocenters. The number of carbonyl (C=O) groups excluding carboxylic acids is 2. The highest BCUT2D eigenvalue weighted by Crippen LogP contribution is 2.33. The summed E-state index contributed by atoms with van der Waals surface area (Å²) < 4.78 is 11.4. The van der Waals surface area contributed by atoms with Crippen LogP contribution in [-0.2, 0) is 4.79 Å². The minimum atomic E-state index is -0.276. The Morgan fingerprint density at radius 2 is 1.76 bits per heavy atom. The molecule has 1 saturated carbocycles. The van der Waals surface area contributed by atoms with Gasteiger partial charge in [0.05, 0.1) is 13.2 Å². The Hall–Kier alpha value is -2.24. The van der Waals surface area contributed by atoms with E-state index in [9.17, 15) is 9.59 Å². The summed E-state index contributed by atoms with van der Waals surface area (Å²) in [6.07, 6.45) is 6.03. The third-order valence-corrected chi connectivity index (χ3v) is 5.19. The van der Waals surface area contributed by atoms with Gasteiger partial charge in [-0.25, -0.2) is 0 Å². The first-order chi connectivity index (χ1) is 12.1. The lowest BCUT2D eigenvalue weighted by Crippen LogP contribution is -2.41. The van der Waals surface area contributed by atoms with Gasteiger partial charge in [0.2, 0.25) is 5.91 Å². The van der Waals surface area contributed by atoms with Gasteiger partial charge in [0.15, 0.2) is 11.5 Å². The number of methoxy groups -OCH3 is 1. The highest BCUT2D eigenvalue weighted by atomic mass is 16.5.